The van der Waals surface area contributed by atoms with Crippen LogP contribution in [0.15, 0.2) is 65.8 Å². The Kier molecular flexibility index (Phi) is 4.51. The molecular weight excluding hydrogens is 388 g/mol. The number of rotatable bonds is 4. The topological polar surface area (TPSA) is 88.5 Å². The molecule has 2 N–H and O–H groups in total. The number of nitrogens with zero attached hydrogens (tertiary/aromatic N) is 4. The van der Waals surface area contributed by atoms with Crippen molar-refractivity contribution in [2.75, 3.05) is 5.32 Å². The standard InChI is InChI=1S/C24H22N6O/c1-14-6-4-8-17(12-14)30-23(29-18-9-5-7-15(2)20(18)24(30)31)16(3)28-22-21-19(10-11-25-22)26-13-27-21/h4-13,16H,1-3H3,(H,25,28)(H,26,27). The largest absolute Gasteiger partial charge is 0.359 e. The van der Waals surface area contributed by atoms with E-state index in [1.807, 2.05) is 69.3 Å². The molecule has 0 fully saturated rings. The summed E-state index contributed by atoms with van der Waals surface area (Å²) in [7, 11) is 0. The zero-order valence-electron chi connectivity index (χ0n) is 17.5. The van der Waals surface area contributed by atoms with Crippen molar-refractivity contribution in [2.24, 2.45) is 0 Å². The number of imidazole rings is 1. The maximum Gasteiger partial charge on any atom is 0.266 e. The quantitative estimate of drug-likeness (QED) is 0.457. The van der Waals surface area contributed by atoms with E-state index in [1.54, 1.807) is 17.1 Å². The first-order valence-electron chi connectivity index (χ1n) is 10.2. The van der Waals surface area contributed by atoms with Crippen LogP contribution in [0, 0.1) is 13.8 Å². The molecular formula is C24H22N6O. The zero-order valence-corrected chi connectivity index (χ0v) is 17.5. The molecule has 2 aromatic carbocycles. The van der Waals surface area contributed by atoms with E-state index in [0.717, 1.165) is 27.8 Å². The number of aryl methyl sites for hydroxylation is 2. The molecule has 0 saturated carbocycles. The van der Waals surface area contributed by atoms with Crippen LogP contribution in [-0.2, 0) is 0 Å². The minimum Gasteiger partial charge on any atom is -0.359 e. The van der Waals surface area contributed by atoms with Crippen molar-refractivity contribution in [2.45, 2.75) is 26.8 Å². The Hall–Kier alpha value is -4.00. The van der Waals surface area contributed by atoms with Gasteiger partial charge in [0.2, 0.25) is 0 Å². The lowest BCUT2D eigenvalue weighted by Crippen LogP contribution is -2.28. The summed E-state index contributed by atoms with van der Waals surface area (Å²) in [6.07, 6.45) is 3.36. The van der Waals surface area contributed by atoms with Gasteiger partial charge in [-0.05, 0) is 56.2 Å². The summed E-state index contributed by atoms with van der Waals surface area (Å²) in [4.78, 5) is 30.5. The van der Waals surface area contributed by atoms with E-state index < -0.39 is 0 Å². The summed E-state index contributed by atoms with van der Waals surface area (Å²) < 4.78 is 1.70. The van der Waals surface area contributed by atoms with Gasteiger partial charge in [0.25, 0.3) is 5.56 Å². The Balaban J connectivity index is 1.72. The van der Waals surface area contributed by atoms with E-state index in [4.69, 9.17) is 4.98 Å². The lowest BCUT2D eigenvalue weighted by Gasteiger charge is -2.21. The molecule has 0 aliphatic carbocycles. The van der Waals surface area contributed by atoms with Crippen LogP contribution in [0.5, 0.6) is 0 Å². The number of aromatic amines is 1. The maximum atomic E-state index is 13.7. The van der Waals surface area contributed by atoms with E-state index in [2.05, 4.69) is 20.3 Å². The molecule has 0 bridgehead atoms. The molecule has 7 nitrogen and oxygen atoms in total. The van der Waals surface area contributed by atoms with Crippen molar-refractivity contribution in [1.29, 1.82) is 0 Å². The van der Waals surface area contributed by atoms with Crippen LogP contribution in [-0.4, -0.2) is 24.5 Å². The number of pyridine rings is 1. The number of anilines is 1. The highest BCUT2D eigenvalue weighted by atomic mass is 16.1. The van der Waals surface area contributed by atoms with E-state index in [-0.39, 0.29) is 11.6 Å². The zero-order chi connectivity index (χ0) is 21.5. The van der Waals surface area contributed by atoms with Crippen LogP contribution in [0.2, 0.25) is 0 Å². The number of benzene rings is 2. The molecule has 0 saturated heterocycles. The van der Waals surface area contributed by atoms with Gasteiger partial charge < -0.3 is 10.3 Å². The molecule has 1 unspecified atom stereocenters. The van der Waals surface area contributed by atoms with Crippen LogP contribution >= 0.6 is 0 Å². The fourth-order valence-electron chi connectivity index (χ4n) is 3.96. The summed E-state index contributed by atoms with van der Waals surface area (Å²) in [5, 5.41) is 4.03. The molecule has 3 heterocycles. The van der Waals surface area contributed by atoms with Crippen LogP contribution in [0.25, 0.3) is 27.6 Å². The minimum absolute atomic E-state index is 0.0803. The summed E-state index contributed by atoms with van der Waals surface area (Å²) in [5.41, 5.74) is 5.01. The first-order chi connectivity index (χ1) is 15.0. The second-order valence-corrected chi connectivity index (χ2v) is 7.74. The monoisotopic (exact) mass is 410 g/mol. The lowest BCUT2D eigenvalue weighted by atomic mass is 10.1. The van der Waals surface area contributed by atoms with Crippen molar-refractivity contribution < 1.29 is 0 Å². The molecule has 0 aliphatic heterocycles. The van der Waals surface area contributed by atoms with Crippen molar-refractivity contribution in [3.8, 4) is 5.69 Å². The molecule has 1 atom stereocenters. The van der Waals surface area contributed by atoms with Gasteiger partial charge in [0.05, 0.1) is 34.5 Å². The van der Waals surface area contributed by atoms with Crippen molar-refractivity contribution in [3.63, 3.8) is 0 Å². The molecule has 0 amide bonds. The van der Waals surface area contributed by atoms with Crippen molar-refractivity contribution in [3.05, 3.63) is 88.4 Å². The number of H-pyrrole nitrogens is 1. The summed E-state index contributed by atoms with van der Waals surface area (Å²) in [6.45, 7) is 5.93. The SMILES string of the molecule is Cc1cccc(-n2c(C(C)Nc3nccc4[nH]cnc34)nc3cccc(C)c3c2=O)c1. The summed E-state index contributed by atoms with van der Waals surface area (Å²) in [6, 6.07) is 15.2. The van der Waals surface area contributed by atoms with Gasteiger partial charge in [-0.1, -0.05) is 24.3 Å². The molecule has 5 aromatic rings. The highest BCUT2D eigenvalue weighted by Gasteiger charge is 2.20. The predicted octanol–water partition coefficient (Wildman–Crippen LogP) is 4.45. The lowest BCUT2D eigenvalue weighted by molar-refractivity contribution is 0.731. The van der Waals surface area contributed by atoms with E-state index >= 15 is 0 Å². The average molecular weight is 410 g/mol. The van der Waals surface area contributed by atoms with Crippen LogP contribution in [0.4, 0.5) is 5.82 Å². The Labute approximate surface area is 178 Å². The first-order valence-corrected chi connectivity index (χ1v) is 10.2. The molecule has 5 rings (SSSR count). The number of fused-ring (bicyclic) bond motifs is 2. The third-order valence-electron chi connectivity index (χ3n) is 5.47. The molecule has 0 radical (unpaired) electrons. The fraction of sp³-hybridized carbons (Fsp3) is 0.167. The number of nitrogens with one attached hydrogen (secondary N) is 2. The van der Waals surface area contributed by atoms with E-state index in [0.29, 0.717) is 22.5 Å². The molecule has 3 aromatic heterocycles. The Morgan fingerprint density at radius 3 is 2.74 bits per heavy atom. The number of hydrogen-bond acceptors (Lipinski definition) is 5. The van der Waals surface area contributed by atoms with Crippen molar-refractivity contribution >= 4 is 27.8 Å². The van der Waals surface area contributed by atoms with Gasteiger partial charge in [0, 0.05) is 6.20 Å². The third kappa shape index (κ3) is 3.24. The van der Waals surface area contributed by atoms with Gasteiger partial charge in [-0.15, -0.1) is 0 Å². The van der Waals surface area contributed by atoms with Gasteiger partial charge in [0.15, 0.2) is 5.82 Å². The van der Waals surface area contributed by atoms with Gasteiger partial charge in [-0.2, -0.15) is 0 Å². The molecule has 0 aliphatic rings. The maximum absolute atomic E-state index is 13.7. The second-order valence-electron chi connectivity index (χ2n) is 7.74. The molecule has 31 heavy (non-hydrogen) atoms. The van der Waals surface area contributed by atoms with Gasteiger partial charge in [0.1, 0.15) is 11.3 Å². The predicted molar refractivity (Wildman–Crippen MR) is 123 cm³/mol. The van der Waals surface area contributed by atoms with Crippen LogP contribution < -0.4 is 10.9 Å². The van der Waals surface area contributed by atoms with Crippen LogP contribution in [0.3, 0.4) is 0 Å². The van der Waals surface area contributed by atoms with Crippen LogP contribution in [0.1, 0.15) is 29.9 Å². The normalized spacial score (nSPS) is 12.4. The highest BCUT2D eigenvalue weighted by molar-refractivity contribution is 5.85. The number of aromatic nitrogens is 5. The third-order valence-corrected chi connectivity index (χ3v) is 5.47. The Bertz CT molecular complexity index is 1480. The number of hydrogen-bond donors (Lipinski definition) is 2. The van der Waals surface area contributed by atoms with Gasteiger partial charge >= 0.3 is 0 Å². The first kappa shape index (κ1) is 19.0. The Morgan fingerprint density at radius 1 is 1.06 bits per heavy atom. The van der Waals surface area contributed by atoms with Gasteiger partial charge in [-0.25, -0.2) is 15.0 Å². The second kappa shape index (κ2) is 7.36. The average Bonchev–Trinajstić information content (AvgIpc) is 3.23. The Morgan fingerprint density at radius 2 is 1.90 bits per heavy atom. The van der Waals surface area contributed by atoms with E-state index in [9.17, 15) is 4.79 Å². The van der Waals surface area contributed by atoms with Crippen molar-refractivity contribution in [1.82, 2.24) is 24.5 Å². The smallest absolute Gasteiger partial charge is 0.266 e. The van der Waals surface area contributed by atoms with Gasteiger partial charge in [-0.3, -0.25) is 9.36 Å². The molecule has 154 valence electrons. The molecule has 7 heteroatoms. The highest BCUT2D eigenvalue weighted by Crippen LogP contribution is 2.25. The summed E-state index contributed by atoms with van der Waals surface area (Å²) in [5.74, 6) is 1.25. The minimum atomic E-state index is -0.298. The summed E-state index contributed by atoms with van der Waals surface area (Å²) >= 11 is 0. The van der Waals surface area contributed by atoms with E-state index in [1.165, 1.54) is 0 Å². The fourth-order valence-corrected chi connectivity index (χ4v) is 3.96. The molecule has 0 spiro atoms.